The summed E-state index contributed by atoms with van der Waals surface area (Å²) in [5.74, 6) is 0.0977. The van der Waals surface area contributed by atoms with Gasteiger partial charge in [-0.25, -0.2) is 4.98 Å². The Morgan fingerprint density at radius 3 is 2.81 bits per heavy atom. The molecule has 0 saturated carbocycles. The van der Waals surface area contributed by atoms with E-state index in [9.17, 15) is 4.79 Å². The molecular formula is C11H19N3OS. The van der Waals surface area contributed by atoms with Gasteiger partial charge in [-0.1, -0.05) is 20.3 Å². The zero-order chi connectivity index (χ0) is 12.1. The molecule has 1 aromatic heterocycles. The van der Waals surface area contributed by atoms with Crippen LogP contribution < -0.4 is 11.1 Å². The van der Waals surface area contributed by atoms with Gasteiger partial charge in [0.1, 0.15) is 5.01 Å². The van der Waals surface area contributed by atoms with E-state index >= 15 is 0 Å². The standard InChI is InChI=1S/C11H19N3OS/c1-4-7(2)9(12)10(15)14-8(3)11-13-5-6-16-11/h5-9H,4,12H2,1-3H3,(H,14,15)/t7-,8?,9-/m0/s1. The molecule has 0 aromatic carbocycles. The lowest BCUT2D eigenvalue weighted by atomic mass is 9.99. The van der Waals surface area contributed by atoms with Crippen LogP contribution in [0.2, 0.25) is 0 Å². The third-order valence-electron chi connectivity index (χ3n) is 2.74. The molecule has 1 rings (SSSR count). The van der Waals surface area contributed by atoms with Crippen molar-refractivity contribution >= 4 is 17.2 Å². The van der Waals surface area contributed by atoms with Crippen LogP contribution in [0.5, 0.6) is 0 Å². The number of rotatable bonds is 5. The van der Waals surface area contributed by atoms with Crippen molar-refractivity contribution < 1.29 is 4.79 Å². The van der Waals surface area contributed by atoms with Gasteiger partial charge < -0.3 is 11.1 Å². The molecule has 1 unspecified atom stereocenters. The monoisotopic (exact) mass is 241 g/mol. The Kier molecular flexibility index (Phi) is 4.89. The van der Waals surface area contributed by atoms with Gasteiger partial charge in [-0.15, -0.1) is 11.3 Å². The first-order valence-corrected chi connectivity index (χ1v) is 6.39. The molecule has 0 aliphatic rings. The van der Waals surface area contributed by atoms with Crippen LogP contribution in [0.15, 0.2) is 11.6 Å². The van der Waals surface area contributed by atoms with Gasteiger partial charge in [-0.05, 0) is 12.8 Å². The number of hydrogen-bond acceptors (Lipinski definition) is 4. The molecule has 1 aromatic rings. The average Bonchev–Trinajstić information content (AvgIpc) is 2.80. The molecular weight excluding hydrogens is 222 g/mol. The Labute approximate surface area is 100 Å². The first-order valence-electron chi connectivity index (χ1n) is 5.51. The molecule has 3 atom stereocenters. The summed E-state index contributed by atoms with van der Waals surface area (Å²) in [7, 11) is 0. The Balaban J connectivity index is 2.51. The third-order valence-corrected chi connectivity index (χ3v) is 3.70. The van der Waals surface area contributed by atoms with Gasteiger partial charge in [-0.2, -0.15) is 0 Å². The van der Waals surface area contributed by atoms with Crippen molar-refractivity contribution in [1.82, 2.24) is 10.3 Å². The van der Waals surface area contributed by atoms with Crippen molar-refractivity contribution in [3.05, 3.63) is 16.6 Å². The van der Waals surface area contributed by atoms with Gasteiger partial charge in [0.25, 0.3) is 0 Å². The molecule has 0 bridgehead atoms. The largest absolute Gasteiger partial charge is 0.346 e. The van der Waals surface area contributed by atoms with Crippen molar-refractivity contribution in [3.8, 4) is 0 Å². The summed E-state index contributed by atoms with van der Waals surface area (Å²) >= 11 is 1.53. The van der Waals surface area contributed by atoms with E-state index in [1.165, 1.54) is 11.3 Å². The van der Waals surface area contributed by atoms with E-state index in [0.29, 0.717) is 0 Å². The summed E-state index contributed by atoms with van der Waals surface area (Å²) in [5.41, 5.74) is 5.84. The first kappa shape index (κ1) is 13.1. The molecule has 3 N–H and O–H groups in total. The molecule has 0 aliphatic heterocycles. The van der Waals surface area contributed by atoms with Crippen LogP contribution in [0.1, 0.15) is 38.2 Å². The highest BCUT2D eigenvalue weighted by atomic mass is 32.1. The number of amides is 1. The second kappa shape index (κ2) is 5.96. The number of carbonyl (C=O) groups is 1. The summed E-state index contributed by atoms with van der Waals surface area (Å²) in [6.07, 6.45) is 2.64. The SMILES string of the molecule is CC[C@H](C)[C@H](N)C(=O)NC(C)c1nccs1. The van der Waals surface area contributed by atoms with Crippen LogP contribution in [0, 0.1) is 5.92 Å². The van der Waals surface area contributed by atoms with E-state index in [0.717, 1.165) is 11.4 Å². The summed E-state index contributed by atoms with van der Waals surface area (Å²) in [6.45, 7) is 5.93. The minimum Gasteiger partial charge on any atom is -0.346 e. The maximum absolute atomic E-state index is 11.8. The maximum atomic E-state index is 11.8. The Morgan fingerprint density at radius 1 is 1.62 bits per heavy atom. The van der Waals surface area contributed by atoms with Crippen molar-refractivity contribution in [2.24, 2.45) is 11.7 Å². The van der Waals surface area contributed by atoms with Crippen molar-refractivity contribution in [2.75, 3.05) is 0 Å². The quantitative estimate of drug-likeness (QED) is 0.824. The summed E-state index contributed by atoms with van der Waals surface area (Å²) in [4.78, 5) is 15.9. The number of thiazole rings is 1. The van der Waals surface area contributed by atoms with Gasteiger partial charge in [0, 0.05) is 11.6 Å². The Morgan fingerprint density at radius 2 is 2.31 bits per heavy atom. The third kappa shape index (κ3) is 3.28. The minimum atomic E-state index is -0.438. The lowest BCUT2D eigenvalue weighted by molar-refractivity contribution is -0.124. The lowest BCUT2D eigenvalue weighted by Crippen LogP contribution is -2.45. The van der Waals surface area contributed by atoms with Crippen molar-refractivity contribution in [3.63, 3.8) is 0 Å². The predicted molar refractivity (Wildman–Crippen MR) is 66.1 cm³/mol. The first-order chi connectivity index (χ1) is 7.56. The second-order valence-electron chi connectivity index (χ2n) is 4.01. The summed E-state index contributed by atoms with van der Waals surface area (Å²) in [6, 6.07) is -0.505. The van der Waals surface area contributed by atoms with Crippen LogP contribution in [-0.4, -0.2) is 16.9 Å². The highest BCUT2D eigenvalue weighted by Crippen LogP contribution is 2.15. The number of nitrogens with two attached hydrogens (primary N) is 1. The van der Waals surface area contributed by atoms with Crippen LogP contribution in [-0.2, 0) is 4.79 Å². The molecule has 90 valence electrons. The number of aromatic nitrogens is 1. The average molecular weight is 241 g/mol. The van der Waals surface area contributed by atoms with Gasteiger partial charge >= 0.3 is 0 Å². The predicted octanol–water partition coefficient (Wildman–Crippen LogP) is 1.69. The number of carbonyl (C=O) groups excluding carboxylic acids is 1. The topological polar surface area (TPSA) is 68.0 Å². The van der Waals surface area contributed by atoms with E-state index in [1.807, 2.05) is 26.2 Å². The number of nitrogens with zero attached hydrogens (tertiary/aromatic N) is 1. The molecule has 0 spiro atoms. The van der Waals surface area contributed by atoms with E-state index in [1.54, 1.807) is 6.20 Å². The molecule has 0 radical (unpaired) electrons. The van der Waals surface area contributed by atoms with Crippen LogP contribution in [0.25, 0.3) is 0 Å². The van der Waals surface area contributed by atoms with Crippen molar-refractivity contribution in [2.45, 2.75) is 39.3 Å². The summed E-state index contributed by atoms with van der Waals surface area (Å²) < 4.78 is 0. The zero-order valence-corrected chi connectivity index (χ0v) is 10.8. The molecule has 1 heterocycles. The van der Waals surface area contributed by atoms with E-state index in [4.69, 9.17) is 5.73 Å². The Bertz CT molecular complexity index is 326. The van der Waals surface area contributed by atoms with Gasteiger partial charge in [0.05, 0.1) is 12.1 Å². The molecule has 0 saturated heterocycles. The molecule has 16 heavy (non-hydrogen) atoms. The fourth-order valence-corrected chi connectivity index (χ4v) is 1.98. The number of hydrogen-bond donors (Lipinski definition) is 2. The normalized spacial score (nSPS) is 16.5. The van der Waals surface area contributed by atoms with Crippen LogP contribution in [0.3, 0.4) is 0 Å². The second-order valence-corrected chi connectivity index (χ2v) is 4.94. The molecule has 1 amide bonds. The molecule has 0 aliphatic carbocycles. The fraction of sp³-hybridized carbons (Fsp3) is 0.636. The fourth-order valence-electron chi connectivity index (χ4n) is 1.33. The van der Waals surface area contributed by atoms with E-state index < -0.39 is 6.04 Å². The Hall–Kier alpha value is -0.940. The van der Waals surface area contributed by atoms with Gasteiger partial charge in [0.2, 0.25) is 5.91 Å². The minimum absolute atomic E-state index is 0.0670. The van der Waals surface area contributed by atoms with Crippen LogP contribution >= 0.6 is 11.3 Å². The number of nitrogens with one attached hydrogen (secondary N) is 1. The molecule has 5 heteroatoms. The van der Waals surface area contributed by atoms with E-state index in [2.05, 4.69) is 10.3 Å². The molecule has 0 fully saturated rings. The highest BCUT2D eigenvalue weighted by molar-refractivity contribution is 7.09. The summed E-state index contributed by atoms with van der Waals surface area (Å²) in [5, 5.41) is 5.68. The molecule has 4 nitrogen and oxygen atoms in total. The van der Waals surface area contributed by atoms with Crippen LogP contribution in [0.4, 0.5) is 0 Å². The lowest BCUT2D eigenvalue weighted by Gasteiger charge is -2.20. The van der Waals surface area contributed by atoms with Gasteiger partial charge in [0.15, 0.2) is 0 Å². The van der Waals surface area contributed by atoms with Crippen molar-refractivity contribution in [1.29, 1.82) is 0 Å². The maximum Gasteiger partial charge on any atom is 0.237 e. The van der Waals surface area contributed by atoms with Gasteiger partial charge in [-0.3, -0.25) is 4.79 Å². The zero-order valence-electron chi connectivity index (χ0n) is 9.93. The van der Waals surface area contributed by atoms with E-state index in [-0.39, 0.29) is 17.9 Å². The smallest absolute Gasteiger partial charge is 0.237 e. The highest BCUT2D eigenvalue weighted by Gasteiger charge is 2.21.